The van der Waals surface area contributed by atoms with Crippen LogP contribution in [0.25, 0.3) is 6.08 Å². The largest absolute Gasteiger partial charge is 0.416 e. The van der Waals surface area contributed by atoms with Gasteiger partial charge in [0.2, 0.25) is 0 Å². The number of nitrogens with one attached hydrogen (secondary N) is 1. The number of pyridine rings is 1. The van der Waals surface area contributed by atoms with E-state index < -0.39 is 23.0 Å². The average Bonchev–Trinajstić information content (AvgIpc) is 3.25. The number of rotatable bonds is 5. The van der Waals surface area contributed by atoms with Crippen molar-refractivity contribution < 1.29 is 22.4 Å². The second-order valence-corrected chi connectivity index (χ2v) is 10.9. The van der Waals surface area contributed by atoms with Crippen molar-refractivity contribution in [2.75, 3.05) is 31.1 Å². The molecule has 1 aromatic heterocycles. The van der Waals surface area contributed by atoms with Gasteiger partial charge < -0.3 is 5.32 Å². The normalized spacial score (nSPS) is 17.0. The molecule has 11 heteroatoms. The van der Waals surface area contributed by atoms with Gasteiger partial charge in [-0.15, -0.1) is 0 Å². The standard InChI is InChI=1S/C29H26Cl2F4N4O/c30-24-16-20(9-12-36-24)17-37-27(40)39-18-28(25-23(39)8-7-22(32)26(25)31)10-14-38(15-11-28)13-1-2-19-3-5-21(6-4-19)29(33,34)35/h1-9,12,16H,10-11,13-15,17-18H2,(H,37,40). The van der Waals surface area contributed by atoms with Crippen LogP contribution in [-0.4, -0.2) is 42.1 Å². The highest BCUT2D eigenvalue weighted by Gasteiger charge is 2.48. The highest BCUT2D eigenvalue weighted by Crippen LogP contribution is 2.50. The molecular formula is C29H26Cl2F4N4O. The van der Waals surface area contributed by atoms with Gasteiger partial charge >= 0.3 is 12.2 Å². The first kappa shape index (κ1) is 28.4. The number of carbonyl (C=O) groups excluding carboxylic acids is 1. The second-order valence-electron chi connectivity index (χ2n) is 10.1. The molecule has 0 atom stereocenters. The van der Waals surface area contributed by atoms with Crippen LogP contribution in [0, 0.1) is 5.82 Å². The van der Waals surface area contributed by atoms with E-state index >= 15 is 0 Å². The van der Waals surface area contributed by atoms with Gasteiger partial charge in [0.25, 0.3) is 0 Å². The number of benzene rings is 2. The molecule has 0 radical (unpaired) electrons. The van der Waals surface area contributed by atoms with E-state index in [0.29, 0.717) is 61.0 Å². The van der Waals surface area contributed by atoms with Gasteiger partial charge in [-0.1, -0.05) is 47.5 Å². The van der Waals surface area contributed by atoms with Crippen molar-refractivity contribution in [3.63, 3.8) is 0 Å². The zero-order valence-corrected chi connectivity index (χ0v) is 22.8. The van der Waals surface area contributed by atoms with Crippen molar-refractivity contribution in [3.05, 3.63) is 99.1 Å². The number of alkyl halides is 3. The van der Waals surface area contributed by atoms with Crippen molar-refractivity contribution in [1.29, 1.82) is 0 Å². The number of urea groups is 1. The average molecular weight is 593 g/mol. The Hall–Kier alpha value is -3.14. The Kier molecular flexibility index (Phi) is 8.08. The first-order chi connectivity index (χ1) is 19.1. The minimum absolute atomic E-state index is 0.0457. The van der Waals surface area contributed by atoms with Crippen LogP contribution in [0.5, 0.6) is 0 Å². The molecule has 0 unspecified atom stereocenters. The molecule has 40 heavy (non-hydrogen) atoms. The predicted molar refractivity (Wildman–Crippen MR) is 148 cm³/mol. The lowest BCUT2D eigenvalue weighted by molar-refractivity contribution is -0.137. The summed E-state index contributed by atoms with van der Waals surface area (Å²) in [4.78, 5) is 21.0. The number of fused-ring (bicyclic) bond motifs is 2. The maximum Gasteiger partial charge on any atom is 0.416 e. The van der Waals surface area contributed by atoms with E-state index in [4.69, 9.17) is 23.2 Å². The minimum Gasteiger partial charge on any atom is -0.334 e. The van der Waals surface area contributed by atoms with Gasteiger partial charge in [0, 0.05) is 36.8 Å². The molecule has 1 N–H and O–H groups in total. The molecule has 2 aromatic carbocycles. The van der Waals surface area contributed by atoms with Crippen molar-refractivity contribution in [2.45, 2.75) is 31.0 Å². The van der Waals surface area contributed by atoms with E-state index in [2.05, 4.69) is 15.2 Å². The topological polar surface area (TPSA) is 48.5 Å². The summed E-state index contributed by atoms with van der Waals surface area (Å²) in [7, 11) is 0. The maximum absolute atomic E-state index is 14.6. The van der Waals surface area contributed by atoms with Gasteiger partial charge in [0.05, 0.1) is 16.3 Å². The van der Waals surface area contributed by atoms with Gasteiger partial charge in [-0.3, -0.25) is 9.80 Å². The third kappa shape index (κ3) is 5.96. The van der Waals surface area contributed by atoms with Crippen molar-refractivity contribution in [3.8, 4) is 0 Å². The van der Waals surface area contributed by atoms with Gasteiger partial charge in [-0.05, 0) is 73.5 Å². The summed E-state index contributed by atoms with van der Waals surface area (Å²) in [5, 5.41) is 3.29. The van der Waals surface area contributed by atoms with Crippen LogP contribution >= 0.6 is 23.2 Å². The molecule has 1 saturated heterocycles. The van der Waals surface area contributed by atoms with Crippen LogP contribution in [0.15, 0.2) is 60.8 Å². The highest BCUT2D eigenvalue weighted by molar-refractivity contribution is 6.32. The van der Waals surface area contributed by atoms with E-state index in [1.54, 1.807) is 35.4 Å². The first-order valence-electron chi connectivity index (χ1n) is 12.8. The number of piperidine rings is 1. The van der Waals surface area contributed by atoms with Crippen LogP contribution in [0.2, 0.25) is 10.2 Å². The predicted octanol–water partition coefficient (Wildman–Crippen LogP) is 7.32. The van der Waals surface area contributed by atoms with Crippen LogP contribution in [0.4, 0.5) is 28.0 Å². The molecule has 0 saturated carbocycles. The highest BCUT2D eigenvalue weighted by atomic mass is 35.5. The number of aromatic nitrogens is 1. The molecule has 3 aromatic rings. The van der Waals surface area contributed by atoms with Crippen molar-refractivity contribution in [2.24, 2.45) is 0 Å². The molecule has 2 amide bonds. The summed E-state index contributed by atoms with van der Waals surface area (Å²) in [6, 6.07) is 11.0. The van der Waals surface area contributed by atoms with E-state index in [1.165, 1.54) is 18.2 Å². The molecule has 210 valence electrons. The van der Waals surface area contributed by atoms with Gasteiger partial charge in [-0.2, -0.15) is 13.2 Å². The Morgan fingerprint density at radius 1 is 1.07 bits per heavy atom. The fourth-order valence-electron chi connectivity index (χ4n) is 5.44. The Bertz CT molecular complexity index is 1420. The minimum atomic E-state index is -4.36. The summed E-state index contributed by atoms with van der Waals surface area (Å²) in [5.74, 6) is -0.518. The molecule has 3 heterocycles. The van der Waals surface area contributed by atoms with Crippen LogP contribution < -0.4 is 10.2 Å². The molecule has 2 aliphatic rings. The molecule has 5 nitrogen and oxygen atoms in total. The van der Waals surface area contributed by atoms with E-state index in [-0.39, 0.29) is 17.6 Å². The first-order valence-corrected chi connectivity index (χ1v) is 13.5. The number of hydrogen-bond acceptors (Lipinski definition) is 3. The Morgan fingerprint density at radius 3 is 2.48 bits per heavy atom. The number of halogens is 6. The second kappa shape index (κ2) is 11.4. The summed E-state index contributed by atoms with van der Waals surface area (Å²) in [6.07, 6.45) is 2.26. The third-order valence-corrected chi connectivity index (χ3v) is 8.14. The van der Waals surface area contributed by atoms with Crippen LogP contribution in [-0.2, 0) is 18.1 Å². The molecule has 0 bridgehead atoms. The van der Waals surface area contributed by atoms with Crippen LogP contribution in [0.1, 0.15) is 35.1 Å². The van der Waals surface area contributed by atoms with Gasteiger partial charge in [0.1, 0.15) is 11.0 Å². The molecule has 2 aliphatic heterocycles. The zero-order chi connectivity index (χ0) is 28.5. The summed E-state index contributed by atoms with van der Waals surface area (Å²) < 4.78 is 52.9. The Morgan fingerprint density at radius 2 is 1.80 bits per heavy atom. The lowest BCUT2D eigenvalue weighted by atomic mass is 9.74. The summed E-state index contributed by atoms with van der Waals surface area (Å²) in [6.45, 7) is 2.63. The van der Waals surface area contributed by atoms with E-state index in [1.807, 2.05) is 6.08 Å². The summed E-state index contributed by atoms with van der Waals surface area (Å²) >= 11 is 12.4. The lowest BCUT2D eigenvalue weighted by Gasteiger charge is -2.39. The SMILES string of the molecule is O=C(NCc1ccnc(Cl)c1)N1CC2(CCN(CC=Cc3ccc(C(F)(F)F)cc3)CC2)c2c1ccc(F)c2Cl. The zero-order valence-electron chi connectivity index (χ0n) is 21.3. The third-order valence-electron chi connectivity index (χ3n) is 7.56. The molecule has 0 aliphatic carbocycles. The number of anilines is 1. The number of nitrogens with zero attached hydrogens (tertiary/aromatic N) is 3. The van der Waals surface area contributed by atoms with Gasteiger partial charge in [-0.25, -0.2) is 14.2 Å². The van der Waals surface area contributed by atoms with Crippen molar-refractivity contribution in [1.82, 2.24) is 15.2 Å². The van der Waals surface area contributed by atoms with Crippen LogP contribution in [0.3, 0.4) is 0 Å². The Labute approximate surface area is 239 Å². The fraction of sp³-hybridized carbons (Fsp3) is 0.310. The number of amides is 2. The number of hydrogen-bond donors (Lipinski definition) is 1. The van der Waals surface area contributed by atoms with E-state index in [0.717, 1.165) is 17.7 Å². The summed E-state index contributed by atoms with van der Waals surface area (Å²) in [5.41, 5.74) is 1.59. The molecule has 1 spiro atoms. The number of carbonyl (C=O) groups is 1. The quantitative estimate of drug-likeness (QED) is 0.249. The molecular weight excluding hydrogens is 567 g/mol. The fourth-order valence-corrected chi connectivity index (χ4v) is 5.99. The Balaban J connectivity index is 1.25. The van der Waals surface area contributed by atoms with E-state index in [9.17, 15) is 22.4 Å². The molecule has 1 fully saturated rings. The van der Waals surface area contributed by atoms with Gasteiger partial charge in [0.15, 0.2) is 0 Å². The monoisotopic (exact) mass is 592 g/mol. The maximum atomic E-state index is 14.6. The molecule has 5 rings (SSSR count). The smallest absolute Gasteiger partial charge is 0.334 e. The van der Waals surface area contributed by atoms with Crippen molar-refractivity contribution >= 4 is 41.0 Å². The number of likely N-dealkylation sites (tertiary alicyclic amines) is 1. The lowest BCUT2D eigenvalue weighted by Crippen LogP contribution is -2.47.